The monoisotopic (exact) mass is 258 g/mol. The van der Waals surface area contributed by atoms with Crippen molar-refractivity contribution in [1.29, 1.82) is 0 Å². The van der Waals surface area contributed by atoms with Gasteiger partial charge in [-0.05, 0) is 41.5 Å². The number of esters is 1. The third kappa shape index (κ3) is 10.3. The van der Waals surface area contributed by atoms with E-state index in [-0.39, 0.29) is 30.2 Å². The quantitative estimate of drug-likeness (QED) is 0.659. The van der Waals surface area contributed by atoms with Crippen LogP contribution in [-0.4, -0.2) is 29.6 Å². The highest BCUT2D eigenvalue weighted by atomic mass is 16.6. The van der Waals surface area contributed by atoms with Gasteiger partial charge in [-0.25, -0.2) is 0 Å². The van der Waals surface area contributed by atoms with Crippen LogP contribution in [0.15, 0.2) is 0 Å². The molecule has 0 saturated heterocycles. The first kappa shape index (κ1) is 17.1. The summed E-state index contributed by atoms with van der Waals surface area (Å²) in [6, 6.07) is 0. The van der Waals surface area contributed by atoms with Crippen molar-refractivity contribution in [3.8, 4) is 0 Å². The molecule has 0 saturated carbocycles. The van der Waals surface area contributed by atoms with Gasteiger partial charge in [0.15, 0.2) is 0 Å². The number of ether oxygens (including phenoxy) is 2. The van der Waals surface area contributed by atoms with E-state index in [2.05, 4.69) is 0 Å². The zero-order valence-electron chi connectivity index (χ0n) is 12.5. The summed E-state index contributed by atoms with van der Waals surface area (Å²) < 4.78 is 10.9. The molecule has 0 aliphatic carbocycles. The first-order valence-electron chi connectivity index (χ1n) is 6.37. The average molecular weight is 258 g/mol. The van der Waals surface area contributed by atoms with Crippen LogP contribution in [-0.2, 0) is 19.1 Å². The van der Waals surface area contributed by atoms with Crippen LogP contribution in [0.3, 0.4) is 0 Å². The molecular weight excluding hydrogens is 232 g/mol. The second-order valence-corrected chi connectivity index (χ2v) is 6.15. The van der Waals surface area contributed by atoms with Crippen LogP contribution in [0.25, 0.3) is 0 Å². The van der Waals surface area contributed by atoms with Crippen LogP contribution >= 0.6 is 0 Å². The summed E-state index contributed by atoms with van der Waals surface area (Å²) in [5, 5.41) is 0. The third-order valence-corrected chi connectivity index (χ3v) is 2.31. The number of carbonyl (C=O) groups excluding carboxylic acids is 2. The Morgan fingerprint density at radius 1 is 1.00 bits per heavy atom. The molecule has 4 nitrogen and oxygen atoms in total. The molecule has 0 amide bonds. The minimum absolute atomic E-state index is 0.000761. The fraction of sp³-hybridized carbons (Fsp3) is 0.857. The number of Topliss-reactive ketones (excluding diaryl/α,β-unsaturated/α-hetero) is 1. The topological polar surface area (TPSA) is 52.6 Å². The van der Waals surface area contributed by atoms with E-state index in [1.807, 2.05) is 34.6 Å². The number of hydrogen-bond acceptors (Lipinski definition) is 4. The Kier molecular flexibility index (Phi) is 6.54. The fourth-order valence-corrected chi connectivity index (χ4v) is 1.29. The van der Waals surface area contributed by atoms with E-state index in [0.29, 0.717) is 13.0 Å². The number of hydrogen-bond donors (Lipinski definition) is 0. The molecule has 0 aromatic heterocycles. The Labute approximate surface area is 110 Å². The molecule has 0 N–H and O–H groups in total. The summed E-state index contributed by atoms with van der Waals surface area (Å²) in [6.07, 6.45) is 1.03. The number of carbonyl (C=O) groups is 2. The van der Waals surface area contributed by atoms with E-state index in [0.717, 1.165) is 0 Å². The van der Waals surface area contributed by atoms with E-state index in [1.165, 1.54) is 6.92 Å². The predicted molar refractivity (Wildman–Crippen MR) is 70.4 cm³/mol. The molecule has 0 radical (unpaired) electrons. The summed E-state index contributed by atoms with van der Waals surface area (Å²) in [6.45, 7) is 11.7. The van der Waals surface area contributed by atoms with Gasteiger partial charge in [-0.3, -0.25) is 4.79 Å². The second kappa shape index (κ2) is 6.88. The highest BCUT2D eigenvalue weighted by molar-refractivity contribution is 5.81. The first-order chi connectivity index (χ1) is 8.02. The zero-order chi connectivity index (χ0) is 14.4. The molecule has 0 fully saturated rings. The van der Waals surface area contributed by atoms with Gasteiger partial charge in [0.05, 0.1) is 18.6 Å². The molecule has 106 valence electrons. The fourth-order valence-electron chi connectivity index (χ4n) is 1.29. The van der Waals surface area contributed by atoms with Gasteiger partial charge in [0.2, 0.25) is 0 Å². The van der Waals surface area contributed by atoms with Crippen molar-refractivity contribution in [1.82, 2.24) is 0 Å². The molecule has 0 aliphatic heterocycles. The van der Waals surface area contributed by atoms with Gasteiger partial charge in [-0.1, -0.05) is 0 Å². The van der Waals surface area contributed by atoms with E-state index in [4.69, 9.17) is 9.47 Å². The first-order valence-corrected chi connectivity index (χ1v) is 6.37. The van der Waals surface area contributed by atoms with Crippen LogP contribution in [0.2, 0.25) is 0 Å². The Morgan fingerprint density at radius 2 is 1.56 bits per heavy atom. The molecule has 0 aromatic carbocycles. The highest BCUT2D eigenvalue weighted by Crippen LogP contribution is 2.18. The van der Waals surface area contributed by atoms with Gasteiger partial charge in [0.1, 0.15) is 11.4 Å². The van der Waals surface area contributed by atoms with E-state index >= 15 is 0 Å². The van der Waals surface area contributed by atoms with Crippen LogP contribution in [0.4, 0.5) is 0 Å². The number of rotatable bonds is 7. The van der Waals surface area contributed by atoms with Crippen LogP contribution in [0.5, 0.6) is 0 Å². The summed E-state index contributed by atoms with van der Waals surface area (Å²) in [4.78, 5) is 22.3. The SMILES string of the molecule is CC(=O)CCC(=O)OC(C)(C)CCOC(C)(C)C. The number of ketones is 1. The Morgan fingerprint density at radius 3 is 2.00 bits per heavy atom. The van der Waals surface area contributed by atoms with Crippen molar-refractivity contribution in [2.45, 2.75) is 72.0 Å². The minimum Gasteiger partial charge on any atom is -0.460 e. The maximum Gasteiger partial charge on any atom is 0.306 e. The van der Waals surface area contributed by atoms with Crippen LogP contribution in [0, 0.1) is 0 Å². The van der Waals surface area contributed by atoms with Crippen LogP contribution < -0.4 is 0 Å². The van der Waals surface area contributed by atoms with E-state index in [1.54, 1.807) is 0 Å². The lowest BCUT2D eigenvalue weighted by Crippen LogP contribution is -2.31. The Bertz CT molecular complexity index is 287. The predicted octanol–water partition coefficient (Wildman–Crippen LogP) is 2.88. The van der Waals surface area contributed by atoms with Crippen molar-refractivity contribution < 1.29 is 19.1 Å². The smallest absolute Gasteiger partial charge is 0.306 e. The molecule has 4 heteroatoms. The average Bonchev–Trinajstić information content (AvgIpc) is 2.11. The van der Waals surface area contributed by atoms with Crippen molar-refractivity contribution in [2.75, 3.05) is 6.61 Å². The molecule has 0 heterocycles. The minimum atomic E-state index is -0.556. The standard InChI is InChI=1S/C14H26O4/c1-11(15)7-8-12(16)18-14(5,6)9-10-17-13(2,3)4/h7-10H2,1-6H3. The second-order valence-electron chi connectivity index (χ2n) is 6.15. The summed E-state index contributed by atoms with van der Waals surface area (Å²) in [5.74, 6) is -0.327. The summed E-state index contributed by atoms with van der Waals surface area (Å²) >= 11 is 0. The molecule has 0 spiro atoms. The lowest BCUT2D eigenvalue weighted by atomic mass is 10.1. The van der Waals surface area contributed by atoms with Crippen molar-refractivity contribution in [3.63, 3.8) is 0 Å². The van der Waals surface area contributed by atoms with Gasteiger partial charge in [0, 0.05) is 12.8 Å². The molecule has 0 aromatic rings. The zero-order valence-corrected chi connectivity index (χ0v) is 12.5. The van der Waals surface area contributed by atoms with Gasteiger partial charge in [0.25, 0.3) is 0 Å². The summed E-state index contributed by atoms with van der Waals surface area (Å²) in [5.41, 5.74) is -0.742. The van der Waals surface area contributed by atoms with E-state index < -0.39 is 5.60 Å². The van der Waals surface area contributed by atoms with Crippen LogP contribution in [0.1, 0.15) is 60.8 Å². The molecule has 0 rings (SSSR count). The molecule has 0 aliphatic rings. The van der Waals surface area contributed by atoms with Gasteiger partial charge < -0.3 is 14.3 Å². The van der Waals surface area contributed by atoms with Gasteiger partial charge in [-0.2, -0.15) is 0 Å². The largest absolute Gasteiger partial charge is 0.460 e. The van der Waals surface area contributed by atoms with Gasteiger partial charge in [-0.15, -0.1) is 0 Å². The summed E-state index contributed by atoms with van der Waals surface area (Å²) in [7, 11) is 0. The van der Waals surface area contributed by atoms with Gasteiger partial charge >= 0.3 is 5.97 Å². The lowest BCUT2D eigenvalue weighted by Gasteiger charge is -2.27. The van der Waals surface area contributed by atoms with Crippen molar-refractivity contribution in [2.24, 2.45) is 0 Å². The Hall–Kier alpha value is -0.900. The van der Waals surface area contributed by atoms with Crippen molar-refractivity contribution in [3.05, 3.63) is 0 Å². The molecule has 0 unspecified atom stereocenters. The molecule has 18 heavy (non-hydrogen) atoms. The molecule has 0 atom stereocenters. The lowest BCUT2D eigenvalue weighted by molar-refractivity contribution is -0.159. The maximum absolute atomic E-state index is 11.5. The molecule has 0 bridgehead atoms. The highest BCUT2D eigenvalue weighted by Gasteiger charge is 2.23. The van der Waals surface area contributed by atoms with E-state index in [9.17, 15) is 9.59 Å². The third-order valence-electron chi connectivity index (χ3n) is 2.31. The Balaban J connectivity index is 3.99. The van der Waals surface area contributed by atoms with Crippen molar-refractivity contribution >= 4 is 11.8 Å². The normalized spacial score (nSPS) is 12.3. The molecular formula is C14H26O4. The maximum atomic E-state index is 11.5.